The van der Waals surface area contributed by atoms with Gasteiger partial charge in [-0.2, -0.15) is 0 Å². The number of hydrogen-bond acceptors (Lipinski definition) is 5. The molecule has 1 aliphatic carbocycles. The number of nitro groups is 1. The number of piperidine rings is 2. The molecule has 7 nitrogen and oxygen atoms in total. The van der Waals surface area contributed by atoms with Gasteiger partial charge in [0.25, 0.3) is 5.69 Å². The van der Waals surface area contributed by atoms with E-state index in [1.54, 1.807) is 0 Å². The first-order valence-corrected chi connectivity index (χ1v) is 10.5. The number of anilines is 1. The molecule has 0 aromatic heterocycles. The minimum Gasteiger partial charge on any atom is -0.292 e. The summed E-state index contributed by atoms with van der Waals surface area (Å²) in [5.74, 6) is -1.05. The van der Waals surface area contributed by atoms with Crippen LogP contribution in [0.4, 0.5) is 11.4 Å². The molecule has 2 amide bonds. The van der Waals surface area contributed by atoms with Crippen LogP contribution in [0.15, 0.2) is 48.5 Å². The zero-order valence-electron chi connectivity index (χ0n) is 16.3. The number of amides is 2. The largest absolute Gasteiger partial charge is 0.292 e. The summed E-state index contributed by atoms with van der Waals surface area (Å²) in [6.45, 7) is 0.961. The normalized spacial score (nSPS) is 32.0. The summed E-state index contributed by atoms with van der Waals surface area (Å²) in [6.07, 6.45) is 3.32. The van der Waals surface area contributed by atoms with E-state index in [1.165, 1.54) is 40.3 Å². The van der Waals surface area contributed by atoms with E-state index in [-0.39, 0.29) is 41.3 Å². The summed E-state index contributed by atoms with van der Waals surface area (Å²) >= 11 is 0. The highest BCUT2D eigenvalue weighted by Crippen LogP contribution is 2.61. The first-order chi connectivity index (χ1) is 14.6. The molecular formula is C23H21N3O4. The second-order valence-electron chi connectivity index (χ2n) is 8.74. The van der Waals surface area contributed by atoms with Gasteiger partial charge in [-0.3, -0.25) is 24.6 Å². The second-order valence-corrected chi connectivity index (χ2v) is 8.74. The Morgan fingerprint density at radius 3 is 2.30 bits per heavy atom. The van der Waals surface area contributed by atoms with Crippen molar-refractivity contribution in [3.05, 3.63) is 69.8 Å². The molecule has 5 aliphatic rings. The molecule has 2 bridgehead atoms. The number of benzene rings is 2. The van der Waals surface area contributed by atoms with E-state index in [4.69, 9.17) is 0 Å². The number of carbonyl (C=O) groups is 2. The van der Waals surface area contributed by atoms with Crippen LogP contribution in [-0.2, 0) is 9.59 Å². The van der Waals surface area contributed by atoms with E-state index in [0.29, 0.717) is 11.7 Å². The lowest BCUT2D eigenvalue weighted by Gasteiger charge is -2.57. The predicted molar refractivity (Wildman–Crippen MR) is 109 cm³/mol. The molecule has 4 heterocycles. The van der Waals surface area contributed by atoms with Gasteiger partial charge in [0.2, 0.25) is 11.8 Å². The molecule has 2 aromatic rings. The quantitative estimate of drug-likeness (QED) is 0.436. The average Bonchev–Trinajstić information content (AvgIpc) is 3.04. The minimum atomic E-state index is -0.480. The molecule has 0 N–H and O–H groups in total. The lowest BCUT2D eigenvalue weighted by atomic mass is 9.59. The van der Waals surface area contributed by atoms with Gasteiger partial charge in [0.1, 0.15) is 0 Å². The number of nitro benzene ring substituents is 1. The van der Waals surface area contributed by atoms with E-state index in [9.17, 15) is 19.7 Å². The monoisotopic (exact) mass is 403 g/mol. The Labute approximate surface area is 173 Å². The van der Waals surface area contributed by atoms with E-state index in [0.717, 1.165) is 25.8 Å². The third-order valence-corrected chi connectivity index (χ3v) is 7.48. The molecule has 152 valence electrons. The van der Waals surface area contributed by atoms with Crippen molar-refractivity contribution in [3.63, 3.8) is 0 Å². The number of nitrogens with zero attached hydrogens (tertiary/aromatic N) is 3. The third kappa shape index (κ3) is 2.18. The van der Waals surface area contributed by atoms with Crippen molar-refractivity contribution in [1.82, 2.24) is 4.90 Å². The molecule has 4 aliphatic heterocycles. The smallest absolute Gasteiger partial charge is 0.269 e. The van der Waals surface area contributed by atoms with E-state index in [2.05, 4.69) is 17.0 Å². The van der Waals surface area contributed by atoms with Gasteiger partial charge in [0.15, 0.2) is 0 Å². The van der Waals surface area contributed by atoms with Gasteiger partial charge in [0, 0.05) is 30.1 Å². The van der Waals surface area contributed by atoms with Crippen molar-refractivity contribution in [3.8, 4) is 0 Å². The van der Waals surface area contributed by atoms with Crippen molar-refractivity contribution >= 4 is 23.2 Å². The Morgan fingerprint density at radius 1 is 0.867 bits per heavy atom. The van der Waals surface area contributed by atoms with Gasteiger partial charge >= 0.3 is 0 Å². The van der Waals surface area contributed by atoms with Crippen molar-refractivity contribution in [2.75, 3.05) is 11.4 Å². The summed E-state index contributed by atoms with van der Waals surface area (Å²) in [6, 6.07) is 14.2. The Bertz CT molecular complexity index is 1030. The lowest BCUT2D eigenvalue weighted by molar-refractivity contribution is -0.384. The highest BCUT2D eigenvalue weighted by Gasteiger charge is 2.65. The average molecular weight is 403 g/mol. The van der Waals surface area contributed by atoms with Crippen molar-refractivity contribution in [1.29, 1.82) is 0 Å². The van der Waals surface area contributed by atoms with Gasteiger partial charge < -0.3 is 0 Å². The van der Waals surface area contributed by atoms with Crippen LogP contribution in [0.25, 0.3) is 0 Å². The highest BCUT2D eigenvalue weighted by atomic mass is 16.6. The van der Waals surface area contributed by atoms with Crippen LogP contribution >= 0.6 is 0 Å². The molecule has 0 radical (unpaired) electrons. The first-order valence-electron chi connectivity index (χ1n) is 10.5. The standard InChI is InChI=1S/C23H21N3O4/c27-22-19-18-15-5-1-2-6-16(15)21(24-12-4-3-7-17(18)24)20(19)23(28)25(22)13-8-10-14(11-9-13)26(29)30/h1-2,5-6,8-11,17-21H,3-4,7,12H2. The van der Waals surface area contributed by atoms with Crippen molar-refractivity contribution < 1.29 is 14.5 Å². The molecule has 30 heavy (non-hydrogen) atoms. The summed E-state index contributed by atoms with van der Waals surface area (Å²) in [4.78, 5) is 41.4. The Hall–Kier alpha value is -3.06. The van der Waals surface area contributed by atoms with Gasteiger partial charge in [-0.05, 0) is 42.6 Å². The van der Waals surface area contributed by atoms with Gasteiger partial charge in [-0.1, -0.05) is 30.7 Å². The maximum Gasteiger partial charge on any atom is 0.269 e. The maximum atomic E-state index is 13.6. The maximum absolute atomic E-state index is 13.6. The number of imide groups is 1. The molecule has 0 spiro atoms. The molecule has 7 rings (SSSR count). The van der Waals surface area contributed by atoms with Gasteiger partial charge in [-0.15, -0.1) is 0 Å². The van der Waals surface area contributed by atoms with Crippen LogP contribution < -0.4 is 4.90 Å². The van der Waals surface area contributed by atoms with E-state index in [1.807, 2.05) is 12.1 Å². The number of carbonyl (C=O) groups excluding carboxylic acids is 2. The fourth-order valence-electron chi connectivity index (χ4n) is 6.41. The minimum absolute atomic E-state index is 0.0241. The Morgan fingerprint density at radius 2 is 1.57 bits per heavy atom. The van der Waals surface area contributed by atoms with Crippen LogP contribution in [0.2, 0.25) is 0 Å². The molecular weight excluding hydrogens is 382 g/mol. The summed E-state index contributed by atoms with van der Waals surface area (Å²) in [5, 5.41) is 11.0. The van der Waals surface area contributed by atoms with E-state index < -0.39 is 4.92 Å². The molecule has 5 atom stereocenters. The number of hydrogen-bond donors (Lipinski definition) is 0. The fourth-order valence-corrected chi connectivity index (χ4v) is 6.41. The zero-order chi connectivity index (χ0) is 20.6. The van der Waals surface area contributed by atoms with Gasteiger partial charge in [-0.25, -0.2) is 4.90 Å². The SMILES string of the molecule is O=C1C2C(C(=O)N1c1ccc([N+](=O)[O-])cc1)C1c3ccccc3C2C2CCCCN21. The van der Waals surface area contributed by atoms with E-state index >= 15 is 0 Å². The molecule has 3 saturated heterocycles. The summed E-state index contributed by atoms with van der Waals surface area (Å²) in [5.41, 5.74) is 2.78. The number of non-ortho nitro benzene ring substituents is 1. The zero-order valence-corrected chi connectivity index (χ0v) is 16.3. The topological polar surface area (TPSA) is 83.8 Å². The second kappa shape index (κ2) is 6.22. The molecule has 3 fully saturated rings. The van der Waals surface area contributed by atoms with Gasteiger partial charge in [0.05, 0.1) is 22.4 Å². The van der Waals surface area contributed by atoms with Crippen LogP contribution in [0.1, 0.15) is 42.3 Å². The molecule has 2 aromatic carbocycles. The van der Waals surface area contributed by atoms with Crippen LogP contribution in [-0.4, -0.2) is 34.2 Å². The fraction of sp³-hybridized carbons (Fsp3) is 0.391. The first kappa shape index (κ1) is 17.8. The molecule has 7 heteroatoms. The van der Waals surface area contributed by atoms with Crippen molar-refractivity contribution in [2.24, 2.45) is 11.8 Å². The highest BCUT2D eigenvalue weighted by molar-refractivity contribution is 6.23. The Kier molecular flexibility index (Phi) is 3.68. The summed E-state index contributed by atoms with van der Waals surface area (Å²) < 4.78 is 0. The molecule has 0 saturated carbocycles. The molecule has 5 unspecified atom stereocenters. The lowest BCUT2D eigenvalue weighted by Crippen LogP contribution is -2.59. The van der Waals surface area contributed by atoms with Crippen molar-refractivity contribution in [2.45, 2.75) is 37.3 Å². The number of rotatable bonds is 2. The van der Waals surface area contributed by atoms with Crippen LogP contribution in [0, 0.1) is 22.0 Å². The van der Waals surface area contributed by atoms with Crippen LogP contribution in [0.5, 0.6) is 0 Å². The van der Waals surface area contributed by atoms with Crippen LogP contribution in [0.3, 0.4) is 0 Å². The summed E-state index contributed by atoms with van der Waals surface area (Å²) in [7, 11) is 0. The Balaban J connectivity index is 1.46. The third-order valence-electron chi connectivity index (χ3n) is 7.48. The predicted octanol–water partition coefficient (Wildman–Crippen LogP) is 3.41.